The third-order valence-corrected chi connectivity index (χ3v) is 4.14. The van der Waals surface area contributed by atoms with Crippen LogP contribution in [0.1, 0.15) is 18.1 Å². The SMILES string of the molecule is CCOC(C(=O)Nc1ccc(F)cc1)(c1ccccc1)c1ccccc1. The van der Waals surface area contributed by atoms with Crippen molar-refractivity contribution in [1.82, 2.24) is 0 Å². The number of ether oxygens (including phenoxy) is 1. The maximum absolute atomic E-state index is 13.4. The molecule has 0 fully saturated rings. The van der Waals surface area contributed by atoms with E-state index >= 15 is 0 Å². The molecule has 0 spiro atoms. The Kier molecular flexibility index (Phi) is 5.44. The van der Waals surface area contributed by atoms with Crippen LogP contribution in [-0.4, -0.2) is 12.5 Å². The molecule has 4 heteroatoms. The van der Waals surface area contributed by atoms with Gasteiger partial charge in [-0.2, -0.15) is 0 Å². The maximum atomic E-state index is 13.4. The molecule has 3 nitrogen and oxygen atoms in total. The number of benzene rings is 3. The average molecular weight is 349 g/mol. The van der Waals surface area contributed by atoms with Gasteiger partial charge in [-0.15, -0.1) is 0 Å². The van der Waals surface area contributed by atoms with Gasteiger partial charge in [-0.25, -0.2) is 4.39 Å². The van der Waals surface area contributed by atoms with E-state index in [4.69, 9.17) is 4.74 Å². The fraction of sp³-hybridized carbons (Fsp3) is 0.136. The van der Waals surface area contributed by atoms with Crippen molar-refractivity contribution in [3.8, 4) is 0 Å². The number of hydrogen-bond donors (Lipinski definition) is 1. The van der Waals surface area contributed by atoms with E-state index in [-0.39, 0.29) is 11.7 Å². The Bertz CT molecular complexity index is 809. The first kappa shape index (κ1) is 17.8. The van der Waals surface area contributed by atoms with Crippen molar-refractivity contribution in [2.24, 2.45) is 0 Å². The van der Waals surface area contributed by atoms with E-state index in [9.17, 15) is 9.18 Å². The van der Waals surface area contributed by atoms with Gasteiger partial charge in [0.15, 0.2) is 5.60 Å². The molecule has 1 N–H and O–H groups in total. The highest BCUT2D eigenvalue weighted by Gasteiger charge is 2.43. The highest BCUT2D eigenvalue weighted by Crippen LogP contribution is 2.35. The second kappa shape index (κ2) is 7.93. The molecule has 1 amide bonds. The van der Waals surface area contributed by atoms with E-state index in [1.165, 1.54) is 24.3 Å². The Morgan fingerprint density at radius 2 is 1.38 bits per heavy atom. The molecule has 0 radical (unpaired) electrons. The van der Waals surface area contributed by atoms with Crippen LogP contribution in [0.2, 0.25) is 0 Å². The molecule has 0 saturated carbocycles. The number of anilines is 1. The van der Waals surface area contributed by atoms with Crippen molar-refractivity contribution in [2.45, 2.75) is 12.5 Å². The zero-order valence-corrected chi connectivity index (χ0v) is 14.5. The number of carbonyl (C=O) groups is 1. The van der Waals surface area contributed by atoms with E-state index in [1.54, 1.807) is 0 Å². The zero-order valence-electron chi connectivity index (χ0n) is 14.5. The van der Waals surface area contributed by atoms with Crippen LogP contribution in [0, 0.1) is 5.82 Å². The lowest BCUT2D eigenvalue weighted by Gasteiger charge is -2.33. The Balaban J connectivity index is 2.09. The summed E-state index contributed by atoms with van der Waals surface area (Å²) in [7, 11) is 0. The van der Waals surface area contributed by atoms with Gasteiger partial charge >= 0.3 is 0 Å². The van der Waals surface area contributed by atoms with Gasteiger partial charge in [0.2, 0.25) is 0 Å². The van der Waals surface area contributed by atoms with Gasteiger partial charge in [-0.3, -0.25) is 4.79 Å². The van der Waals surface area contributed by atoms with Gasteiger partial charge in [0, 0.05) is 12.3 Å². The second-order valence-electron chi connectivity index (χ2n) is 5.81. The number of amides is 1. The summed E-state index contributed by atoms with van der Waals surface area (Å²) in [6.45, 7) is 2.20. The summed E-state index contributed by atoms with van der Waals surface area (Å²) in [5, 5.41) is 2.86. The van der Waals surface area contributed by atoms with Crippen molar-refractivity contribution in [3.05, 3.63) is 102 Å². The first-order chi connectivity index (χ1) is 12.7. The molecular formula is C22H20FNO2. The van der Waals surface area contributed by atoms with Gasteiger partial charge in [0.1, 0.15) is 5.82 Å². The van der Waals surface area contributed by atoms with Crippen LogP contribution in [0.5, 0.6) is 0 Å². The number of hydrogen-bond acceptors (Lipinski definition) is 2. The highest BCUT2D eigenvalue weighted by molar-refractivity contribution is 6.00. The standard InChI is InChI=1S/C22H20FNO2/c1-2-26-22(17-9-5-3-6-10-17,18-11-7-4-8-12-18)21(25)24-20-15-13-19(23)14-16-20/h3-16H,2H2,1H3,(H,24,25). The third kappa shape index (κ3) is 3.51. The van der Waals surface area contributed by atoms with Gasteiger partial charge in [0.05, 0.1) is 0 Å². The topological polar surface area (TPSA) is 38.3 Å². The molecule has 0 aliphatic rings. The predicted octanol–water partition coefficient (Wildman–Crippen LogP) is 4.74. The zero-order chi connectivity index (χ0) is 18.4. The first-order valence-corrected chi connectivity index (χ1v) is 8.49. The van der Waals surface area contributed by atoms with E-state index in [0.717, 1.165) is 11.1 Å². The summed E-state index contributed by atoms with van der Waals surface area (Å²) in [5.74, 6) is -0.687. The molecule has 0 aliphatic carbocycles. The molecule has 0 saturated heterocycles. The molecular weight excluding hydrogens is 329 g/mol. The van der Waals surface area contributed by atoms with Crippen molar-refractivity contribution < 1.29 is 13.9 Å². The van der Waals surface area contributed by atoms with Crippen molar-refractivity contribution in [3.63, 3.8) is 0 Å². The number of carbonyl (C=O) groups excluding carboxylic acids is 1. The second-order valence-corrected chi connectivity index (χ2v) is 5.81. The average Bonchev–Trinajstić information content (AvgIpc) is 2.69. The summed E-state index contributed by atoms with van der Waals surface area (Å²) in [4.78, 5) is 13.4. The van der Waals surface area contributed by atoms with E-state index in [0.29, 0.717) is 12.3 Å². The van der Waals surface area contributed by atoms with Crippen LogP contribution in [0.25, 0.3) is 0 Å². The molecule has 3 aromatic carbocycles. The Morgan fingerprint density at radius 3 is 1.85 bits per heavy atom. The fourth-order valence-corrected chi connectivity index (χ4v) is 2.98. The van der Waals surface area contributed by atoms with Crippen molar-refractivity contribution in [1.29, 1.82) is 0 Å². The van der Waals surface area contributed by atoms with Crippen LogP contribution in [0.15, 0.2) is 84.9 Å². The summed E-state index contributed by atoms with van der Waals surface area (Å²) < 4.78 is 19.2. The lowest BCUT2D eigenvalue weighted by molar-refractivity contribution is -0.136. The summed E-state index contributed by atoms with van der Waals surface area (Å²) in [5.41, 5.74) is 0.665. The fourth-order valence-electron chi connectivity index (χ4n) is 2.98. The number of rotatable bonds is 6. The normalized spacial score (nSPS) is 11.2. The predicted molar refractivity (Wildman–Crippen MR) is 100 cm³/mol. The van der Waals surface area contributed by atoms with Crippen molar-refractivity contribution in [2.75, 3.05) is 11.9 Å². The van der Waals surface area contributed by atoms with Gasteiger partial charge in [-0.1, -0.05) is 60.7 Å². The summed E-state index contributed by atoms with van der Waals surface area (Å²) >= 11 is 0. The molecule has 0 aromatic heterocycles. The smallest absolute Gasteiger partial charge is 0.265 e. The highest BCUT2D eigenvalue weighted by atomic mass is 19.1. The Hall–Kier alpha value is -2.98. The lowest BCUT2D eigenvalue weighted by atomic mass is 9.85. The Morgan fingerprint density at radius 1 is 0.885 bits per heavy atom. The summed E-state index contributed by atoms with van der Waals surface area (Å²) in [6.07, 6.45) is 0. The quantitative estimate of drug-likeness (QED) is 0.698. The third-order valence-electron chi connectivity index (χ3n) is 4.14. The van der Waals surface area contributed by atoms with E-state index < -0.39 is 5.60 Å². The van der Waals surface area contributed by atoms with Gasteiger partial charge < -0.3 is 10.1 Å². The van der Waals surface area contributed by atoms with E-state index in [1.807, 2.05) is 67.6 Å². The Labute approximate surface area is 152 Å². The number of nitrogens with one attached hydrogen (secondary N) is 1. The van der Waals surface area contributed by atoms with Crippen LogP contribution in [0.3, 0.4) is 0 Å². The molecule has 3 rings (SSSR count). The molecule has 0 atom stereocenters. The largest absolute Gasteiger partial charge is 0.356 e. The van der Waals surface area contributed by atoms with Crippen LogP contribution in [-0.2, 0) is 15.1 Å². The molecule has 0 heterocycles. The molecule has 0 bridgehead atoms. The van der Waals surface area contributed by atoms with E-state index in [2.05, 4.69) is 5.32 Å². The molecule has 0 unspecified atom stereocenters. The summed E-state index contributed by atoms with van der Waals surface area (Å²) in [6, 6.07) is 24.4. The number of halogens is 1. The van der Waals surface area contributed by atoms with Gasteiger partial charge in [-0.05, 0) is 42.3 Å². The molecule has 0 aliphatic heterocycles. The molecule has 132 valence electrons. The minimum absolute atomic E-state index is 0.330. The van der Waals surface area contributed by atoms with Crippen molar-refractivity contribution >= 4 is 11.6 Å². The lowest BCUT2D eigenvalue weighted by Crippen LogP contribution is -2.44. The van der Waals surface area contributed by atoms with Gasteiger partial charge in [0.25, 0.3) is 5.91 Å². The minimum atomic E-state index is -1.30. The van der Waals surface area contributed by atoms with Crippen LogP contribution >= 0.6 is 0 Å². The van der Waals surface area contributed by atoms with Crippen LogP contribution in [0.4, 0.5) is 10.1 Å². The van der Waals surface area contributed by atoms with Crippen LogP contribution < -0.4 is 5.32 Å². The minimum Gasteiger partial charge on any atom is -0.356 e. The maximum Gasteiger partial charge on any atom is 0.265 e. The molecule has 3 aromatic rings. The first-order valence-electron chi connectivity index (χ1n) is 8.49. The molecule has 26 heavy (non-hydrogen) atoms. The monoisotopic (exact) mass is 349 g/mol.